The minimum Gasteiger partial charge on any atom is -0.459 e. The van der Waals surface area contributed by atoms with Gasteiger partial charge in [-0.25, -0.2) is 4.79 Å². The molecule has 84 valence electrons. The summed E-state index contributed by atoms with van der Waals surface area (Å²) in [5, 5.41) is 8.31. The van der Waals surface area contributed by atoms with Crippen molar-refractivity contribution in [2.75, 3.05) is 33.0 Å². The fourth-order valence-corrected chi connectivity index (χ4v) is 0.690. The van der Waals surface area contributed by atoms with Gasteiger partial charge < -0.3 is 14.2 Å². The molecular weight excluding hydrogens is 198 g/mol. The van der Waals surface area contributed by atoms with Crippen LogP contribution in [-0.4, -0.2) is 39.0 Å². The number of nitriles is 1. The zero-order valence-corrected chi connectivity index (χ0v) is 8.82. The number of esters is 1. The van der Waals surface area contributed by atoms with Gasteiger partial charge in [0, 0.05) is 6.61 Å². The first kappa shape index (κ1) is 13.6. The molecule has 0 amide bonds. The van der Waals surface area contributed by atoms with Gasteiger partial charge in [-0.05, 0) is 6.92 Å². The molecule has 0 radical (unpaired) electrons. The summed E-state index contributed by atoms with van der Waals surface area (Å²) in [5.41, 5.74) is -0.204. The Morgan fingerprint density at radius 3 is 2.47 bits per heavy atom. The fourth-order valence-electron chi connectivity index (χ4n) is 0.690. The molecule has 0 N–H and O–H groups in total. The summed E-state index contributed by atoms with van der Waals surface area (Å²) in [5.74, 6) is -0.703. The first-order chi connectivity index (χ1) is 7.22. The van der Waals surface area contributed by atoms with Crippen molar-refractivity contribution in [2.24, 2.45) is 0 Å². The van der Waals surface area contributed by atoms with Crippen molar-refractivity contribution in [3.63, 3.8) is 0 Å². The minimum atomic E-state index is -0.703. The van der Waals surface area contributed by atoms with Gasteiger partial charge in [-0.15, -0.1) is 0 Å². The van der Waals surface area contributed by atoms with Crippen LogP contribution in [0.4, 0.5) is 0 Å². The molecule has 0 aliphatic rings. The average Bonchev–Trinajstić information content (AvgIpc) is 2.26. The molecule has 0 heterocycles. The van der Waals surface area contributed by atoms with Gasteiger partial charge in [0.25, 0.3) is 0 Å². The number of carbonyl (C=O) groups is 1. The Morgan fingerprint density at radius 1 is 1.27 bits per heavy atom. The third kappa shape index (κ3) is 7.67. The first-order valence-corrected chi connectivity index (χ1v) is 4.64. The van der Waals surface area contributed by atoms with Gasteiger partial charge in [0.15, 0.2) is 0 Å². The Hall–Kier alpha value is -1.38. The predicted molar refractivity (Wildman–Crippen MR) is 53.0 cm³/mol. The Morgan fingerprint density at radius 2 is 1.87 bits per heavy atom. The van der Waals surface area contributed by atoms with Crippen LogP contribution in [-0.2, 0) is 19.0 Å². The zero-order valence-electron chi connectivity index (χ0n) is 8.82. The van der Waals surface area contributed by atoms with Crippen LogP contribution in [0.5, 0.6) is 0 Å². The first-order valence-electron chi connectivity index (χ1n) is 4.64. The molecule has 0 saturated carbocycles. The molecule has 0 unspecified atom stereocenters. The van der Waals surface area contributed by atoms with E-state index in [4.69, 9.17) is 14.7 Å². The van der Waals surface area contributed by atoms with E-state index in [9.17, 15) is 4.79 Å². The highest BCUT2D eigenvalue weighted by Gasteiger charge is 2.06. The monoisotopic (exact) mass is 213 g/mol. The number of hydrogen-bond donors (Lipinski definition) is 0. The zero-order chi connectivity index (χ0) is 11.5. The lowest BCUT2D eigenvalue weighted by molar-refractivity contribution is -0.140. The molecule has 0 bridgehead atoms. The SMILES string of the molecule is C=C(C#N)C(=O)OCCOCCOCC. The van der Waals surface area contributed by atoms with E-state index in [1.54, 1.807) is 6.07 Å². The quantitative estimate of drug-likeness (QED) is 0.256. The summed E-state index contributed by atoms with van der Waals surface area (Å²) in [6.07, 6.45) is 0. The maximum atomic E-state index is 10.9. The summed E-state index contributed by atoms with van der Waals surface area (Å²) < 4.78 is 14.8. The molecule has 0 fully saturated rings. The van der Waals surface area contributed by atoms with E-state index < -0.39 is 5.97 Å². The van der Waals surface area contributed by atoms with E-state index in [-0.39, 0.29) is 18.8 Å². The Kier molecular flexibility index (Phi) is 8.34. The molecule has 0 saturated heterocycles. The average molecular weight is 213 g/mol. The lowest BCUT2D eigenvalue weighted by Crippen LogP contribution is -2.13. The number of carbonyl (C=O) groups excluding carboxylic acids is 1. The standard InChI is InChI=1S/C10H15NO4/c1-3-13-4-5-14-6-7-15-10(12)9(2)8-11/h2-7H2,1H3. The molecule has 0 rings (SSSR count). The fraction of sp³-hybridized carbons (Fsp3) is 0.600. The molecule has 5 nitrogen and oxygen atoms in total. The summed E-state index contributed by atoms with van der Waals surface area (Å²) in [6.45, 7) is 7.16. The summed E-state index contributed by atoms with van der Waals surface area (Å²) >= 11 is 0. The van der Waals surface area contributed by atoms with Crippen LogP contribution in [0.15, 0.2) is 12.2 Å². The van der Waals surface area contributed by atoms with Crippen molar-refractivity contribution < 1.29 is 19.0 Å². The van der Waals surface area contributed by atoms with Crippen LogP contribution in [0.1, 0.15) is 6.92 Å². The highest BCUT2D eigenvalue weighted by atomic mass is 16.6. The van der Waals surface area contributed by atoms with Gasteiger partial charge in [-0.2, -0.15) is 5.26 Å². The van der Waals surface area contributed by atoms with Crippen LogP contribution in [0.25, 0.3) is 0 Å². The maximum Gasteiger partial charge on any atom is 0.348 e. The number of hydrogen-bond acceptors (Lipinski definition) is 5. The third-order valence-corrected chi connectivity index (χ3v) is 1.42. The summed E-state index contributed by atoms with van der Waals surface area (Å²) in [7, 11) is 0. The van der Waals surface area contributed by atoms with Crippen LogP contribution in [0.2, 0.25) is 0 Å². The van der Waals surface area contributed by atoms with Crippen molar-refractivity contribution in [3.8, 4) is 6.07 Å². The molecule has 0 aromatic carbocycles. The molecule has 0 aliphatic carbocycles. The van der Waals surface area contributed by atoms with Gasteiger partial charge in [0.05, 0.1) is 19.8 Å². The molecule has 0 aliphatic heterocycles. The van der Waals surface area contributed by atoms with Gasteiger partial charge >= 0.3 is 5.97 Å². The van der Waals surface area contributed by atoms with E-state index >= 15 is 0 Å². The second-order valence-electron chi connectivity index (χ2n) is 2.54. The van der Waals surface area contributed by atoms with Crippen molar-refractivity contribution in [2.45, 2.75) is 6.92 Å². The maximum absolute atomic E-state index is 10.9. The van der Waals surface area contributed by atoms with E-state index in [1.807, 2.05) is 6.92 Å². The van der Waals surface area contributed by atoms with Gasteiger partial charge in [0.1, 0.15) is 18.2 Å². The van der Waals surface area contributed by atoms with E-state index in [1.165, 1.54) is 0 Å². The van der Waals surface area contributed by atoms with E-state index in [0.29, 0.717) is 19.8 Å². The molecule has 0 aromatic rings. The molecule has 0 aromatic heterocycles. The van der Waals surface area contributed by atoms with Crippen molar-refractivity contribution in [1.82, 2.24) is 0 Å². The second kappa shape index (κ2) is 9.19. The summed E-state index contributed by atoms with van der Waals surface area (Å²) in [4.78, 5) is 10.9. The van der Waals surface area contributed by atoms with Crippen LogP contribution in [0, 0.1) is 11.3 Å². The van der Waals surface area contributed by atoms with Crippen molar-refractivity contribution in [1.29, 1.82) is 5.26 Å². The number of nitrogens with zero attached hydrogens (tertiary/aromatic N) is 1. The molecule has 0 atom stereocenters. The Bertz CT molecular complexity index is 244. The van der Waals surface area contributed by atoms with Crippen LogP contribution >= 0.6 is 0 Å². The van der Waals surface area contributed by atoms with E-state index in [2.05, 4.69) is 11.3 Å². The molecular formula is C10H15NO4. The predicted octanol–water partition coefficient (Wildman–Crippen LogP) is 0.662. The molecule has 0 spiro atoms. The van der Waals surface area contributed by atoms with Crippen molar-refractivity contribution in [3.05, 3.63) is 12.2 Å². The van der Waals surface area contributed by atoms with E-state index in [0.717, 1.165) is 0 Å². The smallest absolute Gasteiger partial charge is 0.348 e. The topological polar surface area (TPSA) is 68.6 Å². The van der Waals surface area contributed by atoms with Crippen molar-refractivity contribution >= 4 is 5.97 Å². The minimum absolute atomic E-state index is 0.117. The number of rotatable bonds is 8. The molecule has 15 heavy (non-hydrogen) atoms. The Balaban J connectivity index is 3.28. The largest absolute Gasteiger partial charge is 0.459 e. The van der Waals surface area contributed by atoms with Crippen LogP contribution < -0.4 is 0 Å². The van der Waals surface area contributed by atoms with Gasteiger partial charge in [0.2, 0.25) is 0 Å². The highest BCUT2D eigenvalue weighted by Crippen LogP contribution is 1.91. The Labute approximate surface area is 89.2 Å². The van der Waals surface area contributed by atoms with Gasteiger partial charge in [-0.3, -0.25) is 0 Å². The third-order valence-electron chi connectivity index (χ3n) is 1.42. The number of ether oxygens (including phenoxy) is 3. The normalized spacial score (nSPS) is 9.33. The molecule has 5 heteroatoms. The van der Waals surface area contributed by atoms with Gasteiger partial charge in [-0.1, -0.05) is 6.58 Å². The lowest BCUT2D eigenvalue weighted by Gasteiger charge is -2.05. The highest BCUT2D eigenvalue weighted by molar-refractivity contribution is 5.91. The second-order valence-corrected chi connectivity index (χ2v) is 2.54. The lowest BCUT2D eigenvalue weighted by atomic mass is 10.3. The summed E-state index contributed by atoms with van der Waals surface area (Å²) in [6, 6.07) is 1.60. The van der Waals surface area contributed by atoms with Crippen LogP contribution in [0.3, 0.4) is 0 Å².